The molecule has 0 amide bonds. The van der Waals surface area contributed by atoms with Crippen LogP contribution in [0.25, 0.3) is 0 Å². The van der Waals surface area contributed by atoms with Crippen LogP contribution in [0.15, 0.2) is 58.9 Å². The molecule has 0 fully saturated rings. The van der Waals surface area contributed by atoms with Crippen molar-refractivity contribution in [2.24, 2.45) is 0 Å². The number of ether oxygens (including phenoxy) is 1. The summed E-state index contributed by atoms with van der Waals surface area (Å²) in [7, 11) is 1.27. The van der Waals surface area contributed by atoms with Crippen LogP contribution in [0.5, 0.6) is 0 Å². The molecule has 2 aliphatic rings. The first-order valence-corrected chi connectivity index (χ1v) is 5.81. The van der Waals surface area contributed by atoms with Crippen LogP contribution in [0.3, 0.4) is 0 Å². The Morgan fingerprint density at radius 2 is 2.11 bits per heavy atom. The van der Waals surface area contributed by atoms with Gasteiger partial charge < -0.3 is 4.74 Å². The van der Waals surface area contributed by atoms with Crippen molar-refractivity contribution in [1.82, 2.24) is 0 Å². The molecular formula is C14H13NO4. The highest BCUT2D eigenvalue weighted by Crippen LogP contribution is 2.30. The van der Waals surface area contributed by atoms with Gasteiger partial charge in [-0.1, -0.05) is 36.5 Å². The smallest absolute Gasteiger partial charge is 0.310 e. The van der Waals surface area contributed by atoms with Gasteiger partial charge in [0.05, 0.1) is 18.5 Å². The van der Waals surface area contributed by atoms with E-state index in [4.69, 9.17) is 0 Å². The lowest BCUT2D eigenvalue weighted by Crippen LogP contribution is -2.09. The summed E-state index contributed by atoms with van der Waals surface area (Å²) in [6.07, 6.45) is 11.0. The lowest BCUT2D eigenvalue weighted by atomic mass is 10.0. The van der Waals surface area contributed by atoms with Crippen molar-refractivity contribution < 1.29 is 14.5 Å². The first-order chi connectivity index (χ1) is 9.11. The van der Waals surface area contributed by atoms with Gasteiger partial charge in [-0.2, -0.15) is 0 Å². The molecule has 0 unspecified atom stereocenters. The second-order valence-electron chi connectivity index (χ2n) is 4.21. The number of methoxy groups -OCH3 is 1. The van der Waals surface area contributed by atoms with Gasteiger partial charge in [-0.05, 0) is 5.57 Å². The number of hydrogen-bond donors (Lipinski definition) is 0. The second-order valence-corrected chi connectivity index (χ2v) is 4.21. The zero-order chi connectivity index (χ0) is 13.8. The molecule has 0 aliphatic heterocycles. The van der Waals surface area contributed by atoms with Crippen LogP contribution in [-0.2, 0) is 9.53 Å². The summed E-state index contributed by atoms with van der Waals surface area (Å²) in [6.45, 7) is 0. The number of nitrogens with zero attached hydrogens (tertiary/aromatic N) is 1. The Kier molecular flexibility index (Phi) is 3.75. The van der Waals surface area contributed by atoms with Gasteiger partial charge in [-0.3, -0.25) is 14.9 Å². The molecule has 0 heterocycles. The van der Waals surface area contributed by atoms with E-state index in [2.05, 4.69) is 4.74 Å². The highest BCUT2D eigenvalue weighted by Gasteiger charge is 2.26. The van der Waals surface area contributed by atoms with E-state index in [9.17, 15) is 14.9 Å². The largest absolute Gasteiger partial charge is 0.469 e. The van der Waals surface area contributed by atoms with Crippen molar-refractivity contribution in [1.29, 1.82) is 0 Å². The molecule has 5 nitrogen and oxygen atoms in total. The van der Waals surface area contributed by atoms with Crippen molar-refractivity contribution in [3.8, 4) is 0 Å². The number of hydrogen-bond acceptors (Lipinski definition) is 4. The van der Waals surface area contributed by atoms with E-state index in [1.807, 2.05) is 12.2 Å². The van der Waals surface area contributed by atoms with Crippen LogP contribution < -0.4 is 0 Å². The maximum absolute atomic E-state index is 11.4. The minimum absolute atomic E-state index is 0.00315. The van der Waals surface area contributed by atoms with E-state index < -0.39 is 10.9 Å². The van der Waals surface area contributed by atoms with Gasteiger partial charge in [0.2, 0.25) is 0 Å². The molecule has 5 heteroatoms. The summed E-state index contributed by atoms with van der Waals surface area (Å²) in [5.41, 5.74) is 1.95. The van der Waals surface area contributed by atoms with E-state index in [0.29, 0.717) is 17.6 Å². The van der Waals surface area contributed by atoms with Gasteiger partial charge in [0.1, 0.15) is 0 Å². The van der Waals surface area contributed by atoms with Gasteiger partial charge in [-0.25, -0.2) is 0 Å². The highest BCUT2D eigenvalue weighted by molar-refractivity contribution is 5.74. The Morgan fingerprint density at radius 3 is 2.79 bits per heavy atom. The number of allylic oxidation sites excluding steroid dienone is 8. The fraction of sp³-hybridized carbons (Fsp3) is 0.214. The number of rotatable bonds is 3. The summed E-state index contributed by atoms with van der Waals surface area (Å²) in [5, 5.41) is 11.3. The molecule has 0 saturated heterocycles. The van der Waals surface area contributed by atoms with E-state index in [0.717, 1.165) is 5.57 Å². The monoisotopic (exact) mass is 259 g/mol. The number of carbonyl (C=O) groups excluding carboxylic acids is 1. The molecule has 0 radical (unpaired) electrons. The summed E-state index contributed by atoms with van der Waals surface area (Å²) in [6, 6.07) is 0. The Labute approximate surface area is 110 Å². The minimum Gasteiger partial charge on any atom is -0.469 e. The summed E-state index contributed by atoms with van der Waals surface area (Å²) < 4.78 is 4.58. The molecule has 0 spiro atoms. The Morgan fingerprint density at radius 1 is 1.37 bits per heavy atom. The number of carbonyl (C=O) groups is 1. The molecule has 98 valence electrons. The third-order valence-corrected chi connectivity index (χ3v) is 2.97. The van der Waals surface area contributed by atoms with Crippen molar-refractivity contribution in [3.05, 3.63) is 69.0 Å². The summed E-state index contributed by atoms with van der Waals surface area (Å²) in [4.78, 5) is 22.2. The molecule has 2 aliphatic carbocycles. The SMILES string of the molecule is COC(=O)CC1=C([N+](=O)[O-])C2=CC=CC=C(C=C1)C2. The first kappa shape index (κ1) is 13.0. The molecule has 0 atom stereocenters. The topological polar surface area (TPSA) is 69.4 Å². The van der Waals surface area contributed by atoms with Crippen LogP contribution >= 0.6 is 0 Å². The quantitative estimate of drug-likeness (QED) is 0.443. The van der Waals surface area contributed by atoms with Crippen LogP contribution in [0, 0.1) is 10.1 Å². The van der Waals surface area contributed by atoms with Crippen molar-refractivity contribution >= 4 is 5.97 Å². The Bertz CT molecular complexity index is 576. The van der Waals surface area contributed by atoms with Crippen molar-refractivity contribution in [2.45, 2.75) is 12.8 Å². The predicted molar refractivity (Wildman–Crippen MR) is 69.7 cm³/mol. The van der Waals surface area contributed by atoms with Gasteiger partial charge in [0.15, 0.2) is 0 Å². The summed E-state index contributed by atoms with van der Waals surface area (Å²) in [5.74, 6) is -0.488. The predicted octanol–water partition coefficient (Wildman–Crippen LogP) is 2.46. The maximum Gasteiger partial charge on any atom is 0.310 e. The maximum atomic E-state index is 11.4. The average Bonchev–Trinajstić information content (AvgIpc) is 2.70. The van der Waals surface area contributed by atoms with Gasteiger partial charge in [0, 0.05) is 17.6 Å². The zero-order valence-electron chi connectivity index (χ0n) is 10.5. The van der Waals surface area contributed by atoms with Crippen LogP contribution in [0.1, 0.15) is 12.8 Å². The minimum atomic E-state index is -0.488. The molecular weight excluding hydrogens is 246 g/mol. The van der Waals surface area contributed by atoms with E-state index in [1.165, 1.54) is 7.11 Å². The molecule has 2 bridgehead atoms. The van der Waals surface area contributed by atoms with Crippen LogP contribution in [-0.4, -0.2) is 18.0 Å². The number of nitro groups is 1. The number of esters is 1. The fourth-order valence-corrected chi connectivity index (χ4v) is 2.06. The fourth-order valence-electron chi connectivity index (χ4n) is 2.06. The van der Waals surface area contributed by atoms with E-state index >= 15 is 0 Å². The normalized spacial score (nSPS) is 17.3. The Balaban J connectivity index is 2.51. The molecule has 0 aromatic heterocycles. The summed E-state index contributed by atoms with van der Waals surface area (Å²) >= 11 is 0. The lowest BCUT2D eigenvalue weighted by molar-refractivity contribution is -0.422. The molecule has 0 aromatic rings. The van der Waals surface area contributed by atoms with Crippen LogP contribution in [0.4, 0.5) is 0 Å². The van der Waals surface area contributed by atoms with Crippen molar-refractivity contribution in [3.63, 3.8) is 0 Å². The molecule has 2 rings (SSSR count). The lowest BCUT2D eigenvalue weighted by Gasteiger charge is -2.05. The third kappa shape index (κ3) is 2.88. The van der Waals surface area contributed by atoms with Crippen molar-refractivity contribution in [2.75, 3.05) is 7.11 Å². The molecule has 0 saturated carbocycles. The highest BCUT2D eigenvalue weighted by atomic mass is 16.6. The average molecular weight is 259 g/mol. The number of fused-ring (bicyclic) bond motifs is 2. The van der Waals surface area contributed by atoms with Gasteiger partial charge >= 0.3 is 5.97 Å². The second kappa shape index (κ2) is 5.48. The standard InChI is InChI=1S/C14H13NO4/c1-19-13(16)9-12-7-6-10-4-2-3-5-11(8-10)14(12)15(17)18/h2-7H,8-9H2,1H3. The zero-order valence-corrected chi connectivity index (χ0v) is 10.5. The molecule has 0 N–H and O–H groups in total. The first-order valence-electron chi connectivity index (χ1n) is 5.81. The van der Waals surface area contributed by atoms with E-state index in [-0.39, 0.29) is 12.1 Å². The van der Waals surface area contributed by atoms with Gasteiger partial charge in [0.25, 0.3) is 5.70 Å². The molecule has 0 aromatic carbocycles. The Hall–Kier alpha value is -2.43. The van der Waals surface area contributed by atoms with Gasteiger partial charge in [-0.15, -0.1) is 0 Å². The molecule has 19 heavy (non-hydrogen) atoms. The van der Waals surface area contributed by atoms with E-state index in [1.54, 1.807) is 24.3 Å². The van der Waals surface area contributed by atoms with Crippen LogP contribution in [0.2, 0.25) is 0 Å². The third-order valence-electron chi connectivity index (χ3n) is 2.97.